The van der Waals surface area contributed by atoms with Crippen molar-refractivity contribution in [3.05, 3.63) is 47.0 Å². The van der Waals surface area contributed by atoms with Crippen LogP contribution in [0.1, 0.15) is 35.6 Å². The van der Waals surface area contributed by atoms with Gasteiger partial charge in [0.15, 0.2) is 0 Å². The Morgan fingerprint density at radius 3 is 2.96 bits per heavy atom. The molecule has 0 fully saturated rings. The topological polar surface area (TPSA) is 78.8 Å². The van der Waals surface area contributed by atoms with E-state index in [1.807, 2.05) is 35.9 Å². The molecule has 3 aromatic rings. The Morgan fingerprint density at radius 1 is 1.31 bits per heavy atom. The first-order valence-electron chi connectivity index (χ1n) is 9.08. The Kier molecular flexibility index (Phi) is 4.36. The summed E-state index contributed by atoms with van der Waals surface area (Å²) < 4.78 is 2.01. The van der Waals surface area contributed by atoms with Gasteiger partial charge in [0.25, 0.3) is 0 Å². The molecular weight excluding hydrogens is 328 g/mol. The van der Waals surface area contributed by atoms with Gasteiger partial charge >= 0.3 is 6.03 Å². The van der Waals surface area contributed by atoms with E-state index in [0.717, 1.165) is 35.4 Å². The highest BCUT2D eigenvalue weighted by molar-refractivity contribution is 5.76. The summed E-state index contributed by atoms with van der Waals surface area (Å²) in [6.45, 7) is 0.910. The third kappa shape index (κ3) is 3.05. The van der Waals surface area contributed by atoms with Gasteiger partial charge in [0, 0.05) is 19.8 Å². The van der Waals surface area contributed by atoms with Gasteiger partial charge in [-0.05, 0) is 43.4 Å². The summed E-state index contributed by atoms with van der Waals surface area (Å²) in [6.07, 6.45) is 4.52. The third-order valence-electron chi connectivity index (χ3n) is 5.15. The fourth-order valence-corrected chi connectivity index (χ4v) is 3.62. The molecule has 1 aromatic carbocycles. The van der Waals surface area contributed by atoms with Gasteiger partial charge in [0.05, 0.1) is 29.8 Å². The first-order valence-corrected chi connectivity index (χ1v) is 9.08. The van der Waals surface area contributed by atoms with Crippen LogP contribution >= 0.6 is 0 Å². The molecule has 2 amide bonds. The monoisotopic (exact) mass is 352 g/mol. The quantitative estimate of drug-likeness (QED) is 0.757. The number of imidazole rings is 1. The van der Waals surface area contributed by atoms with Crippen LogP contribution in [0, 0.1) is 0 Å². The maximum atomic E-state index is 12.5. The highest BCUT2D eigenvalue weighted by Crippen LogP contribution is 2.22. The number of urea groups is 1. The van der Waals surface area contributed by atoms with Gasteiger partial charge in [-0.1, -0.05) is 12.1 Å². The molecule has 1 aliphatic carbocycles. The van der Waals surface area contributed by atoms with E-state index in [2.05, 4.69) is 20.5 Å². The van der Waals surface area contributed by atoms with Gasteiger partial charge in [-0.2, -0.15) is 5.10 Å². The fourth-order valence-electron chi connectivity index (χ4n) is 3.62. The Labute approximate surface area is 152 Å². The maximum absolute atomic E-state index is 12.5. The van der Waals surface area contributed by atoms with Gasteiger partial charge in [-0.3, -0.25) is 5.10 Å². The second-order valence-electron chi connectivity index (χ2n) is 6.93. The predicted octanol–water partition coefficient (Wildman–Crippen LogP) is 2.52. The lowest BCUT2D eigenvalue weighted by Gasteiger charge is -2.18. The number of nitrogens with one attached hydrogen (secondary N) is 2. The summed E-state index contributed by atoms with van der Waals surface area (Å²) in [4.78, 5) is 18.7. The Morgan fingerprint density at radius 2 is 2.12 bits per heavy atom. The van der Waals surface area contributed by atoms with Crippen LogP contribution in [0.2, 0.25) is 0 Å². The summed E-state index contributed by atoms with van der Waals surface area (Å²) in [5, 5.41) is 10.5. The van der Waals surface area contributed by atoms with Crippen molar-refractivity contribution in [1.82, 2.24) is 30.0 Å². The van der Waals surface area contributed by atoms with Crippen molar-refractivity contribution in [2.75, 3.05) is 7.05 Å². The van der Waals surface area contributed by atoms with Crippen molar-refractivity contribution < 1.29 is 4.79 Å². The highest BCUT2D eigenvalue weighted by atomic mass is 16.2. The van der Waals surface area contributed by atoms with E-state index >= 15 is 0 Å². The molecule has 2 aromatic heterocycles. The standard InChI is InChI=1S/C19H24N6O/c1-24(12-16-13-7-3-4-8-14(13)22-23-16)19(26)20-11-18-21-15-9-5-6-10-17(15)25(18)2/h5-6,9-10H,3-4,7-8,11-12H2,1-2H3,(H,20,26)(H,22,23). The zero-order chi connectivity index (χ0) is 18.1. The van der Waals surface area contributed by atoms with E-state index in [9.17, 15) is 4.79 Å². The maximum Gasteiger partial charge on any atom is 0.317 e. The van der Waals surface area contributed by atoms with Gasteiger partial charge < -0.3 is 14.8 Å². The lowest BCUT2D eigenvalue weighted by atomic mass is 9.96. The average molecular weight is 352 g/mol. The van der Waals surface area contributed by atoms with Gasteiger partial charge in [-0.15, -0.1) is 0 Å². The lowest BCUT2D eigenvalue weighted by molar-refractivity contribution is 0.205. The normalized spacial score (nSPS) is 13.6. The summed E-state index contributed by atoms with van der Waals surface area (Å²) in [6, 6.07) is 7.85. The number of hydrogen-bond donors (Lipinski definition) is 2. The van der Waals surface area contributed by atoms with Gasteiger partial charge in [0.2, 0.25) is 0 Å². The number of aromatic nitrogens is 4. The van der Waals surface area contributed by atoms with Crippen LogP contribution in [-0.2, 0) is 33.0 Å². The number of nitrogens with zero attached hydrogens (tertiary/aromatic N) is 4. The van der Waals surface area contributed by atoms with Crippen molar-refractivity contribution in [3.63, 3.8) is 0 Å². The molecule has 1 aliphatic rings. The molecular formula is C19H24N6O. The van der Waals surface area contributed by atoms with Crippen LogP contribution < -0.4 is 5.32 Å². The molecule has 26 heavy (non-hydrogen) atoms. The second kappa shape index (κ2) is 6.82. The molecule has 0 radical (unpaired) electrons. The number of benzene rings is 1. The Hall–Kier alpha value is -2.83. The first kappa shape index (κ1) is 16.6. The third-order valence-corrected chi connectivity index (χ3v) is 5.15. The molecule has 0 aliphatic heterocycles. The van der Waals surface area contributed by atoms with E-state index in [1.54, 1.807) is 11.9 Å². The average Bonchev–Trinajstić information content (AvgIpc) is 3.21. The zero-order valence-electron chi connectivity index (χ0n) is 15.2. The van der Waals surface area contributed by atoms with E-state index in [4.69, 9.17) is 0 Å². The molecule has 7 nitrogen and oxygen atoms in total. The minimum Gasteiger partial charge on any atom is -0.331 e. The van der Waals surface area contributed by atoms with Crippen LogP contribution in [0.15, 0.2) is 24.3 Å². The molecule has 7 heteroatoms. The van der Waals surface area contributed by atoms with Crippen molar-refractivity contribution in [2.45, 2.75) is 38.8 Å². The molecule has 0 atom stereocenters. The summed E-state index contributed by atoms with van der Waals surface area (Å²) in [5.74, 6) is 0.838. The highest BCUT2D eigenvalue weighted by Gasteiger charge is 2.19. The number of aromatic amines is 1. The van der Waals surface area contributed by atoms with Crippen LogP contribution in [0.25, 0.3) is 11.0 Å². The SMILES string of the molecule is CN(Cc1n[nH]c2c1CCCC2)C(=O)NCc1nc2ccccc2n1C. The lowest BCUT2D eigenvalue weighted by Crippen LogP contribution is -2.37. The van der Waals surface area contributed by atoms with E-state index in [1.165, 1.54) is 24.1 Å². The Bertz CT molecular complexity index is 941. The van der Waals surface area contributed by atoms with Crippen LogP contribution in [0.3, 0.4) is 0 Å². The first-order chi connectivity index (χ1) is 12.6. The molecule has 4 rings (SSSR count). The number of aryl methyl sites for hydroxylation is 2. The predicted molar refractivity (Wildman–Crippen MR) is 99.6 cm³/mol. The summed E-state index contributed by atoms with van der Waals surface area (Å²) >= 11 is 0. The van der Waals surface area contributed by atoms with E-state index in [0.29, 0.717) is 13.1 Å². The molecule has 0 saturated carbocycles. The molecule has 0 spiro atoms. The van der Waals surface area contributed by atoms with Crippen molar-refractivity contribution in [2.24, 2.45) is 7.05 Å². The minimum atomic E-state index is -0.121. The van der Waals surface area contributed by atoms with Gasteiger partial charge in [-0.25, -0.2) is 9.78 Å². The molecule has 2 heterocycles. The summed E-state index contributed by atoms with van der Waals surface area (Å²) in [7, 11) is 3.77. The number of hydrogen-bond acceptors (Lipinski definition) is 3. The van der Waals surface area contributed by atoms with Crippen molar-refractivity contribution in [3.8, 4) is 0 Å². The van der Waals surface area contributed by atoms with Crippen LogP contribution in [-0.4, -0.2) is 37.7 Å². The van der Waals surface area contributed by atoms with Crippen LogP contribution in [0.4, 0.5) is 4.79 Å². The molecule has 136 valence electrons. The molecule has 2 N–H and O–H groups in total. The van der Waals surface area contributed by atoms with E-state index < -0.39 is 0 Å². The number of para-hydroxylation sites is 2. The number of carbonyl (C=O) groups excluding carboxylic acids is 1. The fraction of sp³-hybridized carbons (Fsp3) is 0.421. The second-order valence-corrected chi connectivity index (χ2v) is 6.93. The summed E-state index contributed by atoms with van der Waals surface area (Å²) in [5.41, 5.74) is 5.52. The van der Waals surface area contributed by atoms with Crippen LogP contribution in [0.5, 0.6) is 0 Å². The smallest absolute Gasteiger partial charge is 0.317 e. The molecule has 0 bridgehead atoms. The van der Waals surface area contributed by atoms with Crippen molar-refractivity contribution in [1.29, 1.82) is 0 Å². The molecule has 0 unspecified atom stereocenters. The Balaban J connectivity index is 1.39. The number of fused-ring (bicyclic) bond motifs is 2. The number of carbonyl (C=O) groups is 1. The number of amides is 2. The van der Waals surface area contributed by atoms with Crippen molar-refractivity contribution >= 4 is 17.1 Å². The largest absolute Gasteiger partial charge is 0.331 e. The number of rotatable bonds is 4. The molecule has 0 saturated heterocycles. The van der Waals surface area contributed by atoms with Gasteiger partial charge in [0.1, 0.15) is 5.82 Å². The zero-order valence-corrected chi connectivity index (χ0v) is 15.2. The minimum absolute atomic E-state index is 0.121. The van der Waals surface area contributed by atoms with E-state index in [-0.39, 0.29) is 6.03 Å². The number of H-pyrrole nitrogens is 1.